The molecule has 0 saturated carbocycles. The molecule has 0 aliphatic carbocycles. The lowest BCUT2D eigenvalue weighted by Crippen LogP contribution is -2.30. The molecule has 19 heteroatoms. The van der Waals surface area contributed by atoms with E-state index < -0.39 is 97.5 Å². The van der Waals surface area contributed by atoms with Crippen LogP contribution in [-0.4, -0.2) is 96.7 Å². The van der Waals surface area contributed by atoms with E-state index in [1.165, 1.54) is 302 Å². The number of rotatable bonds is 89. The number of carbonyl (C=O) groups is 4. The first-order valence-electron chi connectivity index (χ1n) is 46.6. The summed E-state index contributed by atoms with van der Waals surface area (Å²) in [5.74, 6) is -0.448. The second-order valence-corrected chi connectivity index (χ2v) is 35.7. The van der Waals surface area contributed by atoms with Gasteiger partial charge in [0.2, 0.25) is 0 Å². The van der Waals surface area contributed by atoms with E-state index in [0.29, 0.717) is 25.7 Å². The van der Waals surface area contributed by atoms with E-state index in [2.05, 4.69) is 41.5 Å². The summed E-state index contributed by atoms with van der Waals surface area (Å²) in [6, 6.07) is 0. The number of aliphatic hydroxyl groups is 1. The summed E-state index contributed by atoms with van der Waals surface area (Å²) in [4.78, 5) is 73.4. The highest BCUT2D eigenvalue weighted by molar-refractivity contribution is 7.47. The van der Waals surface area contributed by atoms with Crippen LogP contribution in [0.2, 0.25) is 0 Å². The van der Waals surface area contributed by atoms with Crippen molar-refractivity contribution < 1.29 is 80.2 Å². The quantitative estimate of drug-likeness (QED) is 0.0222. The Balaban J connectivity index is 5.25. The smallest absolute Gasteiger partial charge is 0.462 e. The monoisotopic (exact) mass is 1590 g/mol. The normalized spacial score (nSPS) is 14.2. The Morgan fingerprint density at radius 3 is 0.651 bits per heavy atom. The fraction of sp³-hybridized carbons (Fsp3) is 0.956. The minimum atomic E-state index is -4.97. The molecule has 109 heavy (non-hydrogen) atoms. The number of hydrogen-bond acceptors (Lipinski definition) is 15. The lowest BCUT2D eigenvalue weighted by atomic mass is 9.99. The van der Waals surface area contributed by atoms with Crippen molar-refractivity contribution in [3.05, 3.63) is 0 Å². The number of phosphoric ester groups is 2. The van der Waals surface area contributed by atoms with Crippen LogP contribution in [0.15, 0.2) is 0 Å². The van der Waals surface area contributed by atoms with E-state index in [1.807, 2.05) is 0 Å². The van der Waals surface area contributed by atoms with Crippen LogP contribution in [0, 0.1) is 11.8 Å². The van der Waals surface area contributed by atoms with E-state index in [0.717, 1.165) is 102 Å². The molecule has 7 atom stereocenters. The molecule has 0 fully saturated rings. The first kappa shape index (κ1) is 107. The van der Waals surface area contributed by atoms with Gasteiger partial charge < -0.3 is 33.8 Å². The van der Waals surface area contributed by atoms with Gasteiger partial charge in [0.05, 0.1) is 26.4 Å². The van der Waals surface area contributed by atoms with Crippen LogP contribution in [-0.2, 0) is 65.4 Å². The van der Waals surface area contributed by atoms with Crippen molar-refractivity contribution in [3.8, 4) is 0 Å². The summed E-state index contributed by atoms with van der Waals surface area (Å²) in [5, 5.41) is 10.7. The maximum atomic E-state index is 13.2. The highest BCUT2D eigenvalue weighted by Gasteiger charge is 2.31. The van der Waals surface area contributed by atoms with Gasteiger partial charge in [-0.25, -0.2) is 9.13 Å². The molecule has 0 aromatic carbocycles. The van der Waals surface area contributed by atoms with Gasteiger partial charge in [-0.1, -0.05) is 433 Å². The third-order valence-electron chi connectivity index (χ3n) is 21.9. The topological polar surface area (TPSA) is 237 Å². The predicted molar refractivity (Wildman–Crippen MR) is 451 cm³/mol. The number of phosphoric acid groups is 2. The Hall–Kier alpha value is -1.94. The zero-order valence-electron chi connectivity index (χ0n) is 71.9. The fourth-order valence-electron chi connectivity index (χ4n) is 14.1. The van der Waals surface area contributed by atoms with Crippen molar-refractivity contribution in [2.24, 2.45) is 11.8 Å². The zero-order chi connectivity index (χ0) is 79.9. The number of esters is 4. The molecule has 0 radical (unpaired) electrons. The van der Waals surface area contributed by atoms with Gasteiger partial charge in [0.15, 0.2) is 12.2 Å². The third kappa shape index (κ3) is 81.0. The molecule has 648 valence electrons. The van der Waals surface area contributed by atoms with E-state index in [4.69, 9.17) is 37.0 Å². The molecule has 0 aromatic rings. The van der Waals surface area contributed by atoms with Crippen molar-refractivity contribution in [3.63, 3.8) is 0 Å². The minimum absolute atomic E-state index is 0.108. The fourth-order valence-corrected chi connectivity index (χ4v) is 15.6. The average Bonchev–Trinajstić information content (AvgIpc) is 0.900. The van der Waals surface area contributed by atoms with Gasteiger partial charge in [0, 0.05) is 25.7 Å². The molecule has 0 aliphatic rings. The van der Waals surface area contributed by atoms with Crippen LogP contribution in [0.1, 0.15) is 485 Å². The van der Waals surface area contributed by atoms with Gasteiger partial charge in [-0.2, -0.15) is 0 Å². The standard InChI is InChI=1S/C90H176O17P2/c1-7-11-13-15-17-19-21-23-25-27-28-32-36-39-43-47-54-60-66-72-87(92)100-78-85(106-89(94)75-69-63-57-49-45-41-37-33-30-29-31-34-38-42-46-52-58-64-70-82(5)9-3)80-104-108(96,97)102-76-84(91)77-103-109(98,99)105-81-86(79-101-88(93)73-67-61-55-51-50-53-59-65-71-83(6)10-4)107-90(95)74-68-62-56-48-44-40-35-26-24-22-20-18-16-14-12-8-2/h82-86,91H,7-81H2,1-6H3,(H,96,97)(H,98,99)/t82?,83?,84-,85-,86-/m1/s1. The highest BCUT2D eigenvalue weighted by atomic mass is 31.2. The van der Waals surface area contributed by atoms with Gasteiger partial charge in [-0.15, -0.1) is 0 Å². The number of ether oxygens (including phenoxy) is 4. The van der Waals surface area contributed by atoms with Crippen molar-refractivity contribution in [2.75, 3.05) is 39.6 Å². The first-order valence-corrected chi connectivity index (χ1v) is 49.6. The van der Waals surface area contributed by atoms with Gasteiger partial charge in [0.1, 0.15) is 19.3 Å². The summed E-state index contributed by atoms with van der Waals surface area (Å²) >= 11 is 0. The van der Waals surface area contributed by atoms with Crippen molar-refractivity contribution in [1.29, 1.82) is 0 Å². The molecule has 0 amide bonds. The van der Waals surface area contributed by atoms with Crippen LogP contribution >= 0.6 is 15.6 Å². The summed E-state index contributed by atoms with van der Waals surface area (Å²) in [7, 11) is -9.93. The van der Waals surface area contributed by atoms with Crippen LogP contribution in [0.4, 0.5) is 0 Å². The molecule has 0 aromatic heterocycles. The maximum absolute atomic E-state index is 13.2. The van der Waals surface area contributed by atoms with E-state index >= 15 is 0 Å². The number of carbonyl (C=O) groups excluding carboxylic acids is 4. The van der Waals surface area contributed by atoms with Crippen LogP contribution in [0.3, 0.4) is 0 Å². The Bertz CT molecular complexity index is 2080. The lowest BCUT2D eigenvalue weighted by molar-refractivity contribution is -0.161. The minimum Gasteiger partial charge on any atom is -0.462 e. The van der Waals surface area contributed by atoms with Gasteiger partial charge >= 0.3 is 39.5 Å². The molecular formula is C90H176O17P2. The van der Waals surface area contributed by atoms with Crippen molar-refractivity contribution in [1.82, 2.24) is 0 Å². The predicted octanol–water partition coefficient (Wildman–Crippen LogP) is 27.8. The molecule has 3 N–H and O–H groups in total. The average molecular weight is 1590 g/mol. The Labute approximate surface area is 670 Å². The molecule has 0 aliphatic heterocycles. The summed E-state index contributed by atoms with van der Waals surface area (Å²) in [5.41, 5.74) is 0. The van der Waals surface area contributed by atoms with Crippen LogP contribution in [0.25, 0.3) is 0 Å². The molecule has 0 heterocycles. The number of aliphatic hydroxyl groups excluding tert-OH is 1. The summed E-state index contributed by atoms with van der Waals surface area (Å²) in [6.07, 6.45) is 74.9. The van der Waals surface area contributed by atoms with Crippen LogP contribution in [0.5, 0.6) is 0 Å². The second kappa shape index (κ2) is 81.2. The number of unbranched alkanes of at least 4 members (excludes halogenated alkanes) is 57. The van der Waals surface area contributed by atoms with E-state index in [1.54, 1.807) is 0 Å². The maximum Gasteiger partial charge on any atom is 0.472 e. The van der Waals surface area contributed by atoms with Gasteiger partial charge in [0.25, 0.3) is 0 Å². The van der Waals surface area contributed by atoms with E-state index in [9.17, 15) is 43.2 Å². The molecule has 4 unspecified atom stereocenters. The largest absolute Gasteiger partial charge is 0.472 e. The SMILES string of the molecule is CCCCCCCCCCCCCCCCCCCCCC(=O)OC[C@H](COP(=O)(O)OC[C@@H](O)COP(=O)(O)OC[C@@H](COC(=O)CCCCCCCCCCC(C)CC)OC(=O)CCCCCCCCCCCCCCCCCC)OC(=O)CCCCCCCCCCCCCCCCCCCCC(C)CC. The summed E-state index contributed by atoms with van der Waals surface area (Å²) in [6.45, 7) is 9.77. The lowest BCUT2D eigenvalue weighted by Gasteiger charge is -2.21. The highest BCUT2D eigenvalue weighted by Crippen LogP contribution is 2.45. The number of hydrogen-bond donors (Lipinski definition) is 3. The Morgan fingerprint density at radius 2 is 0.440 bits per heavy atom. The Morgan fingerprint density at radius 1 is 0.257 bits per heavy atom. The zero-order valence-corrected chi connectivity index (χ0v) is 73.7. The van der Waals surface area contributed by atoms with E-state index in [-0.39, 0.29) is 25.7 Å². The molecule has 0 saturated heterocycles. The van der Waals surface area contributed by atoms with Crippen molar-refractivity contribution in [2.45, 2.75) is 503 Å². The molecule has 0 bridgehead atoms. The molecule has 0 rings (SSSR count). The Kier molecular flexibility index (Phi) is 79.8. The molecule has 0 spiro atoms. The first-order chi connectivity index (χ1) is 52.9. The van der Waals surface area contributed by atoms with Crippen molar-refractivity contribution >= 4 is 39.5 Å². The third-order valence-corrected chi connectivity index (χ3v) is 23.8. The van der Waals surface area contributed by atoms with Gasteiger partial charge in [-0.05, 0) is 37.5 Å². The molecule has 17 nitrogen and oxygen atoms in total. The summed E-state index contributed by atoms with van der Waals surface area (Å²) < 4.78 is 69.1. The van der Waals surface area contributed by atoms with Crippen LogP contribution < -0.4 is 0 Å². The molecular weight excluding hydrogens is 1410 g/mol. The van der Waals surface area contributed by atoms with Gasteiger partial charge in [-0.3, -0.25) is 37.3 Å². The second-order valence-electron chi connectivity index (χ2n) is 32.8.